The van der Waals surface area contributed by atoms with Gasteiger partial charge in [-0.1, -0.05) is 6.08 Å². The van der Waals surface area contributed by atoms with E-state index in [4.69, 9.17) is 4.74 Å². The smallest absolute Gasteiger partial charge is 0.303 e. The topological polar surface area (TPSA) is 69.4 Å². The molecule has 1 aliphatic rings. The molecule has 0 unspecified atom stereocenters. The fraction of sp³-hybridized carbons (Fsp3) is 0.700. The van der Waals surface area contributed by atoms with Crippen molar-refractivity contribution in [3.8, 4) is 0 Å². The molecule has 0 aliphatic heterocycles. The van der Waals surface area contributed by atoms with E-state index in [1.54, 1.807) is 12.2 Å². The van der Waals surface area contributed by atoms with Crippen LogP contribution in [0.5, 0.6) is 0 Å². The van der Waals surface area contributed by atoms with E-state index < -0.39 is 0 Å². The number of nitrogens with zero attached hydrogens (tertiary/aromatic N) is 1. The summed E-state index contributed by atoms with van der Waals surface area (Å²) < 4.78 is 5.03. The number of ether oxygens (including phenoxy) is 1. The van der Waals surface area contributed by atoms with Gasteiger partial charge in [-0.3, -0.25) is 14.9 Å². The van der Waals surface area contributed by atoms with Crippen LogP contribution in [-0.2, 0) is 9.53 Å². The van der Waals surface area contributed by atoms with E-state index in [0.29, 0.717) is 0 Å². The van der Waals surface area contributed by atoms with Crippen molar-refractivity contribution in [1.29, 1.82) is 0 Å². The van der Waals surface area contributed by atoms with Gasteiger partial charge in [0.15, 0.2) is 0 Å². The Morgan fingerprint density at radius 3 is 2.87 bits per heavy atom. The molecule has 0 aromatic rings. The number of nitro groups is 1. The summed E-state index contributed by atoms with van der Waals surface area (Å²) in [5.74, 6) is -0.335. The lowest BCUT2D eigenvalue weighted by molar-refractivity contribution is -0.486. The van der Waals surface area contributed by atoms with Crippen molar-refractivity contribution >= 4 is 5.97 Å². The molecule has 1 aliphatic carbocycles. The van der Waals surface area contributed by atoms with Gasteiger partial charge in [-0.25, -0.2) is 0 Å². The summed E-state index contributed by atoms with van der Waals surface area (Å²) in [5.41, 5.74) is 0. The molecule has 0 fully saturated rings. The van der Waals surface area contributed by atoms with E-state index >= 15 is 0 Å². The lowest BCUT2D eigenvalue weighted by Crippen LogP contribution is -2.12. The zero-order valence-electron chi connectivity index (χ0n) is 8.72. The minimum absolute atomic E-state index is 0.0273. The highest BCUT2D eigenvalue weighted by atomic mass is 16.6. The van der Waals surface area contributed by atoms with Gasteiger partial charge in [-0.05, 0) is 25.3 Å². The molecule has 0 bridgehead atoms. The highest BCUT2D eigenvalue weighted by molar-refractivity contribution is 5.66. The third-order valence-corrected chi connectivity index (χ3v) is 2.36. The van der Waals surface area contributed by atoms with Gasteiger partial charge < -0.3 is 4.74 Å². The largest absolute Gasteiger partial charge is 0.458 e. The molecule has 0 amide bonds. The Hall–Kier alpha value is -1.39. The van der Waals surface area contributed by atoms with Crippen LogP contribution in [-0.4, -0.2) is 23.5 Å². The van der Waals surface area contributed by atoms with Crippen LogP contribution in [0.3, 0.4) is 0 Å². The van der Waals surface area contributed by atoms with Crippen molar-refractivity contribution in [3.05, 3.63) is 22.3 Å². The Bertz CT molecular complexity index is 249. The molecule has 84 valence electrons. The van der Waals surface area contributed by atoms with E-state index in [9.17, 15) is 14.9 Å². The molecule has 0 saturated heterocycles. The predicted octanol–water partition coefficient (Wildman–Crippen LogP) is 1.55. The SMILES string of the molecule is CC(=O)O[C@@H]1C=C[C@H](C[N+](=O)[O-])CCC1. The Balaban J connectivity index is 2.48. The number of hydrogen-bond donors (Lipinski definition) is 0. The van der Waals surface area contributed by atoms with E-state index in [0.717, 1.165) is 19.3 Å². The maximum Gasteiger partial charge on any atom is 0.303 e. The fourth-order valence-corrected chi connectivity index (χ4v) is 1.71. The first-order valence-corrected chi connectivity index (χ1v) is 5.05. The summed E-state index contributed by atoms with van der Waals surface area (Å²) >= 11 is 0. The van der Waals surface area contributed by atoms with Crippen LogP contribution in [0.1, 0.15) is 26.2 Å². The molecule has 0 radical (unpaired) electrons. The lowest BCUT2D eigenvalue weighted by atomic mass is 10.0. The van der Waals surface area contributed by atoms with E-state index in [1.807, 2.05) is 0 Å². The summed E-state index contributed by atoms with van der Waals surface area (Å²) in [6, 6.07) is 0. The van der Waals surface area contributed by atoms with Gasteiger partial charge in [0.1, 0.15) is 6.10 Å². The normalized spacial score (nSPS) is 25.7. The van der Waals surface area contributed by atoms with Gasteiger partial charge >= 0.3 is 5.97 Å². The van der Waals surface area contributed by atoms with E-state index in [-0.39, 0.29) is 29.5 Å². The first kappa shape index (κ1) is 11.7. The third kappa shape index (κ3) is 4.58. The van der Waals surface area contributed by atoms with Gasteiger partial charge in [-0.2, -0.15) is 0 Å². The molecular formula is C10H15NO4. The molecule has 0 aromatic heterocycles. The lowest BCUT2D eigenvalue weighted by Gasteiger charge is -2.10. The number of esters is 1. The second kappa shape index (κ2) is 5.48. The molecule has 15 heavy (non-hydrogen) atoms. The summed E-state index contributed by atoms with van der Waals surface area (Å²) in [4.78, 5) is 20.7. The van der Waals surface area contributed by atoms with E-state index in [1.165, 1.54) is 6.92 Å². The van der Waals surface area contributed by atoms with Gasteiger partial charge in [0.25, 0.3) is 0 Å². The zero-order chi connectivity index (χ0) is 11.3. The second-order valence-electron chi connectivity index (χ2n) is 3.74. The maximum atomic E-state index is 10.7. The standard InChI is InChI=1S/C10H15NO4/c1-8(12)15-10-4-2-3-9(5-6-10)7-11(13)14/h5-6,9-10H,2-4,7H2,1H3/t9-,10+/m1/s1. The minimum Gasteiger partial charge on any atom is -0.458 e. The van der Waals surface area contributed by atoms with Crippen LogP contribution < -0.4 is 0 Å². The molecule has 0 saturated carbocycles. The van der Waals surface area contributed by atoms with Crippen LogP contribution in [0.15, 0.2) is 12.2 Å². The fourth-order valence-electron chi connectivity index (χ4n) is 1.71. The Labute approximate surface area is 88.3 Å². The van der Waals surface area contributed by atoms with Crippen LogP contribution in [0.2, 0.25) is 0 Å². The average molecular weight is 213 g/mol. The third-order valence-electron chi connectivity index (χ3n) is 2.36. The van der Waals surface area contributed by atoms with Crippen LogP contribution in [0.4, 0.5) is 0 Å². The van der Waals surface area contributed by atoms with Crippen molar-refractivity contribution in [3.63, 3.8) is 0 Å². The highest BCUT2D eigenvalue weighted by Crippen LogP contribution is 2.19. The average Bonchev–Trinajstić information content (AvgIpc) is 2.29. The highest BCUT2D eigenvalue weighted by Gasteiger charge is 2.18. The Morgan fingerprint density at radius 2 is 2.27 bits per heavy atom. The van der Waals surface area contributed by atoms with Gasteiger partial charge in [-0.15, -0.1) is 0 Å². The molecule has 1 rings (SSSR count). The number of carbonyl (C=O) groups excluding carboxylic acids is 1. The van der Waals surface area contributed by atoms with Crippen molar-refractivity contribution < 1.29 is 14.5 Å². The number of carbonyl (C=O) groups is 1. The maximum absolute atomic E-state index is 10.7. The Morgan fingerprint density at radius 1 is 1.53 bits per heavy atom. The molecule has 0 aromatic carbocycles. The molecule has 5 nitrogen and oxygen atoms in total. The van der Waals surface area contributed by atoms with Crippen molar-refractivity contribution in [2.75, 3.05) is 6.54 Å². The van der Waals surface area contributed by atoms with Gasteiger partial charge in [0, 0.05) is 17.8 Å². The number of hydrogen-bond acceptors (Lipinski definition) is 4. The van der Waals surface area contributed by atoms with Crippen molar-refractivity contribution in [2.24, 2.45) is 5.92 Å². The molecule has 5 heteroatoms. The van der Waals surface area contributed by atoms with Gasteiger partial charge in [0.05, 0.1) is 0 Å². The van der Waals surface area contributed by atoms with Crippen molar-refractivity contribution in [1.82, 2.24) is 0 Å². The first-order chi connectivity index (χ1) is 7.08. The molecular weight excluding hydrogens is 198 g/mol. The predicted molar refractivity (Wildman–Crippen MR) is 53.9 cm³/mol. The molecule has 0 heterocycles. The first-order valence-electron chi connectivity index (χ1n) is 5.05. The summed E-state index contributed by atoms with van der Waals surface area (Å²) in [7, 11) is 0. The zero-order valence-corrected chi connectivity index (χ0v) is 8.72. The molecule has 0 spiro atoms. The van der Waals surface area contributed by atoms with Crippen molar-refractivity contribution in [2.45, 2.75) is 32.3 Å². The van der Waals surface area contributed by atoms with E-state index in [2.05, 4.69) is 0 Å². The summed E-state index contributed by atoms with van der Waals surface area (Å²) in [6.45, 7) is 1.33. The molecule has 2 atom stereocenters. The second-order valence-corrected chi connectivity index (χ2v) is 3.74. The molecule has 0 N–H and O–H groups in total. The summed E-state index contributed by atoms with van der Waals surface area (Å²) in [5, 5.41) is 10.3. The monoisotopic (exact) mass is 213 g/mol. The Kier molecular flexibility index (Phi) is 4.27. The minimum atomic E-state index is -0.308. The quantitative estimate of drug-likeness (QED) is 0.308. The number of rotatable bonds is 3. The van der Waals surface area contributed by atoms with Crippen LogP contribution in [0.25, 0.3) is 0 Å². The van der Waals surface area contributed by atoms with Crippen LogP contribution in [0, 0.1) is 16.0 Å². The van der Waals surface area contributed by atoms with Gasteiger partial charge in [0.2, 0.25) is 6.54 Å². The van der Waals surface area contributed by atoms with Crippen LogP contribution >= 0.6 is 0 Å². The summed E-state index contributed by atoms with van der Waals surface area (Å²) in [6.07, 6.45) is 5.74.